The predicted molar refractivity (Wildman–Crippen MR) is 607 cm³/mol. The van der Waals surface area contributed by atoms with Crippen molar-refractivity contribution in [2.24, 2.45) is 0 Å². The number of nitrogens with zero attached hydrogens (tertiary/aromatic N) is 7. The topological polar surface area (TPSA) is 90.2 Å². The van der Waals surface area contributed by atoms with Crippen molar-refractivity contribution in [3.63, 3.8) is 0 Å². The number of hydrogen-bond acceptors (Lipinski definition) is 8. The van der Waals surface area contributed by atoms with Crippen LogP contribution in [0.4, 0.5) is 0 Å². The second-order valence-corrected chi connectivity index (χ2v) is 35.7. The Morgan fingerprint density at radius 3 is 0.966 bits per heavy atom. The van der Waals surface area contributed by atoms with Crippen molar-refractivity contribution in [1.29, 1.82) is 0 Å². The van der Waals surface area contributed by atoms with Crippen LogP contribution in [-0.4, -0.2) is 34.9 Å². The molecule has 7 nitrogen and oxygen atoms in total. The minimum Gasteiger partial charge on any atom is -0.305 e. The summed E-state index contributed by atoms with van der Waals surface area (Å²) in [7, 11) is 0. The molecule has 12 heteroatoms. The second kappa shape index (κ2) is 55.2. The van der Waals surface area contributed by atoms with Crippen LogP contribution in [0.3, 0.4) is 0 Å². The first kappa shape index (κ1) is 109. The van der Waals surface area contributed by atoms with E-state index in [1.807, 2.05) is 329 Å². The maximum Gasteiger partial charge on any atom is 0.0433 e. The molecule has 0 aliphatic heterocycles. The summed E-state index contributed by atoms with van der Waals surface area (Å²) in [6.07, 6.45) is 11.3. The molecule has 0 spiro atoms. The summed E-state index contributed by atoms with van der Waals surface area (Å²) in [5.41, 5.74) is 33.5. The Kier molecular flexibility index (Phi) is 40.5. The molecule has 149 heavy (non-hydrogen) atoms. The summed E-state index contributed by atoms with van der Waals surface area (Å²) in [5, 5.41) is 10.6. The molecule has 17 aromatic carbocycles. The number of rotatable bonds is 12. The Bertz CT molecular complexity index is 8140. The molecule has 0 N–H and O–H groups in total. The van der Waals surface area contributed by atoms with Gasteiger partial charge in [0.2, 0.25) is 0 Å². The molecule has 4 radical (unpaired) electrons. The summed E-state index contributed by atoms with van der Waals surface area (Å²) in [6, 6.07) is 184. The van der Waals surface area contributed by atoms with Gasteiger partial charge in [-0.05, 0) is 211 Å². The van der Waals surface area contributed by atoms with Gasteiger partial charge in [-0.25, -0.2) is 0 Å². The van der Waals surface area contributed by atoms with Gasteiger partial charge in [-0.2, -0.15) is 0 Å². The maximum atomic E-state index is 4.55. The van der Waals surface area contributed by atoms with Crippen LogP contribution in [0.25, 0.3) is 187 Å². The molecule has 25 rings (SSSR count). The predicted octanol–water partition coefficient (Wildman–Crippen LogP) is 35.5. The van der Waals surface area contributed by atoms with Gasteiger partial charge in [0.1, 0.15) is 0 Å². The van der Waals surface area contributed by atoms with Gasteiger partial charge in [0.15, 0.2) is 0 Å². The third-order valence-electron chi connectivity index (χ3n) is 24.6. The van der Waals surface area contributed by atoms with Gasteiger partial charge in [-0.15, -0.1) is 263 Å². The SMILES string of the molecule is Cc1cc(-c2[c-]cccc2)ncc1-c1ccccc1.Cc1cc(-c2[c-]cccc2)ncc1-c1ccccc1.Cc1cc(-c2[c-]cccc2)ncc1-c1ccccc1.Cc1ccc(-c2[c-]cccc2)nc1.Cc1cccc(-c2[c-]cccc2)n1.Cc1cccnc1-c1[c-]cccc1.[Ir].[Ir].[Ir].[Ir].[c-]1ccccc1-c1ccccn1.c1cc(-c2ccc3c4ccccc4c4ccccc4c3c2)cc(-c2cccc3c2sc2ccccc23)c1. The molecular formula is C137H102Ir4N7S-7. The molecule has 8 aromatic heterocycles. The Morgan fingerprint density at radius 1 is 0.195 bits per heavy atom. The smallest absolute Gasteiger partial charge is 0.0433 e. The first-order valence-corrected chi connectivity index (χ1v) is 49.2. The molecule has 0 aliphatic rings. The average molecular weight is 2650 g/mol. The molecule has 0 unspecified atom stereocenters. The molecule has 0 amide bonds. The van der Waals surface area contributed by atoms with E-state index in [4.69, 9.17) is 0 Å². The Hall–Kier alpha value is -15.6. The molecule has 25 aromatic rings. The fourth-order valence-corrected chi connectivity index (χ4v) is 18.5. The molecule has 0 saturated heterocycles. The minimum absolute atomic E-state index is 0. The van der Waals surface area contributed by atoms with E-state index in [2.05, 4.69) is 305 Å². The number of hydrogen-bond donors (Lipinski definition) is 0. The van der Waals surface area contributed by atoms with E-state index in [0.717, 1.165) is 84.5 Å². The van der Waals surface area contributed by atoms with E-state index < -0.39 is 0 Å². The summed E-state index contributed by atoms with van der Waals surface area (Å²) in [6.45, 7) is 12.4. The van der Waals surface area contributed by atoms with Gasteiger partial charge >= 0.3 is 0 Å². The molecule has 0 bridgehead atoms. The average Bonchev–Trinajstić information content (AvgIpc) is 1.38. The largest absolute Gasteiger partial charge is 0.305 e. The Balaban J connectivity index is 0.000000138. The van der Waals surface area contributed by atoms with Gasteiger partial charge in [0.25, 0.3) is 0 Å². The van der Waals surface area contributed by atoms with Crippen LogP contribution >= 0.6 is 11.3 Å². The number of pyridine rings is 7. The molecular weight excluding hydrogens is 2540 g/mol. The fourth-order valence-electron chi connectivity index (χ4n) is 17.3. The molecule has 0 saturated carbocycles. The van der Waals surface area contributed by atoms with Gasteiger partial charge in [-0.3, -0.25) is 0 Å². The number of fused-ring (bicyclic) bond motifs is 9. The first-order valence-electron chi connectivity index (χ1n) is 48.3. The van der Waals surface area contributed by atoms with Gasteiger partial charge in [0, 0.05) is 160 Å². The zero-order valence-electron chi connectivity index (χ0n) is 82.9. The van der Waals surface area contributed by atoms with Crippen molar-refractivity contribution in [1.82, 2.24) is 34.9 Å². The number of aromatic nitrogens is 7. The van der Waals surface area contributed by atoms with E-state index in [1.54, 1.807) is 6.20 Å². The molecule has 0 fully saturated rings. The zero-order chi connectivity index (χ0) is 99.1. The van der Waals surface area contributed by atoms with Crippen LogP contribution in [0, 0.1) is 84.0 Å². The first-order chi connectivity index (χ1) is 71.4. The zero-order valence-corrected chi connectivity index (χ0v) is 93.3. The van der Waals surface area contributed by atoms with Crippen molar-refractivity contribution >= 4 is 63.8 Å². The minimum atomic E-state index is 0. The molecule has 734 valence electrons. The van der Waals surface area contributed by atoms with Crippen LogP contribution in [0.1, 0.15) is 33.5 Å². The van der Waals surface area contributed by atoms with Crippen molar-refractivity contribution < 1.29 is 80.4 Å². The van der Waals surface area contributed by atoms with Gasteiger partial charge in [-0.1, -0.05) is 272 Å². The van der Waals surface area contributed by atoms with E-state index in [9.17, 15) is 0 Å². The molecule has 0 aliphatic carbocycles. The van der Waals surface area contributed by atoms with Crippen LogP contribution < -0.4 is 0 Å². The monoisotopic (exact) mass is 2650 g/mol. The summed E-state index contributed by atoms with van der Waals surface area (Å²) >= 11 is 1.89. The van der Waals surface area contributed by atoms with Crippen LogP contribution in [-0.2, 0) is 80.4 Å². The van der Waals surface area contributed by atoms with E-state index in [-0.39, 0.29) is 80.4 Å². The fraction of sp³-hybridized carbons (Fsp3) is 0.0438. The standard InChI is InChI=1S/C36H22S.3C18H14N.3C12H10N.C11H8N.4Ir/c1-2-13-29-27(11-1)28-12-3-4-14-30(28)34-22-24(19-20-31(29)34)23-9-7-10-25(21-23)26-16-8-17-33-32-15-5-6-18-35(32)37-36(26)33;3*1-14-12-18(16-10-6-3-7-11-16)19-13-17(14)15-8-4-2-5-9-15;1-10-6-5-9-13-12(10)11-7-3-2-4-8-11;1-10-6-5-9-12(13-10)11-7-3-2-4-8-11;1-10-7-8-12(13-9-10)11-5-3-2-4-6-11;1-2-6-10(7-3-1)11-8-4-5-9-12-11;;;;/h1-22H;3*2-10,12-13H,1H3;2*2-7,9H,1H3;2-5,7-9H,1H3;1-6,8-9H;;;;/q;7*-1;;;;. The maximum absolute atomic E-state index is 4.55. The summed E-state index contributed by atoms with van der Waals surface area (Å²) in [4.78, 5) is 30.9. The van der Waals surface area contributed by atoms with Crippen molar-refractivity contribution in [2.75, 3.05) is 0 Å². The number of aryl methyl sites for hydroxylation is 6. The van der Waals surface area contributed by atoms with Crippen molar-refractivity contribution in [3.8, 4) is 134 Å². The number of benzene rings is 17. The normalized spacial score (nSPS) is 10.3. The van der Waals surface area contributed by atoms with Crippen molar-refractivity contribution in [2.45, 2.75) is 41.5 Å². The summed E-state index contributed by atoms with van der Waals surface area (Å²) in [5.74, 6) is 0. The van der Waals surface area contributed by atoms with E-state index >= 15 is 0 Å². The third-order valence-corrected chi connectivity index (χ3v) is 25.8. The Labute approximate surface area is 932 Å². The van der Waals surface area contributed by atoms with Crippen LogP contribution in [0.15, 0.2) is 510 Å². The van der Waals surface area contributed by atoms with E-state index in [1.165, 1.54) is 136 Å². The Morgan fingerprint density at radius 2 is 0.544 bits per heavy atom. The van der Waals surface area contributed by atoms with Crippen LogP contribution in [0.5, 0.6) is 0 Å². The van der Waals surface area contributed by atoms with Gasteiger partial charge < -0.3 is 34.9 Å². The van der Waals surface area contributed by atoms with Gasteiger partial charge in [0.05, 0.1) is 0 Å². The number of thiophene rings is 1. The molecule has 8 heterocycles. The molecule has 0 atom stereocenters. The second-order valence-electron chi connectivity index (χ2n) is 34.7. The van der Waals surface area contributed by atoms with Crippen LogP contribution in [0.2, 0.25) is 0 Å². The van der Waals surface area contributed by atoms with Crippen molar-refractivity contribution in [3.05, 3.63) is 586 Å². The summed E-state index contributed by atoms with van der Waals surface area (Å²) < 4.78 is 2.70. The third kappa shape index (κ3) is 28.6. The quantitative estimate of drug-likeness (QED) is 0.0889. The van der Waals surface area contributed by atoms with E-state index in [0.29, 0.717) is 0 Å².